The van der Waals surface area contributed by atoms with E-state index in [1.165, 1.54) is 6.39 Å². The highest BCUT2D eigenvalue weighted by Gasteiger charge is 2.30. The van der Waals surface area contributed by atoms with E-state index >= 15 is 0 Å². The first kappa shape index (κ1) is 17.5. The average Bonchev–Trinajstić information content (AvgIpc) is 3.39. The summed E-state index contributed by atoms with van der Waals surface area (Å²) in [7, 11) is 0. The maximum Gasteiger partial charge on any atom is 0.291 e. The van der Waals surface area contributed by atoms with Crippen molar-refractivity contribution < 1.29 is 9.21 Å². The van der Waals surface area contributed by atoms with Crippen LogP contribution >= 0.6 is 0 Å². The van der Waals surface area contributed by atoms with E-state index in [1.807, 2.05) is 41.6 Å². The summed E-state index contributed by atoms with van der Waals surface area (Å²) in [6, 6.07) is 7.91. The van der Waals surface area contributed by atoms with Gasteiger partial charge >= 0.3 is 0 Å². The number of carbonyl (C=O) groups is 1. The molecule has 1 aliphatic heterocycles. The summed E-state index contributed by atoms with van der Waals surface area (Å²) in [4.78, 5) is 27.5. The monoisotopic (exact) mass is 388 g/mol. The summed E-state index contributed by atoms with van der Waals surface area (Å²) >= 11 is 0. The van der Waals surface area contributed by atoms with Crippen LogP contribution in [0.4, 0.5) is 0 Å². The van der Waals surface area contributed by atoms with Gasteiger partial charge in [0.1, 0.15) is 0 Å². The van der Waals surface area contributed by atoms with Crippen LogP contribution in [0.3, 0.4) is 0 Å². The fraction of sp³-hybridized carbons (Fsp3) is 0.286. The van der Waals surface area contributed by atoms with Crippen LogP contribution in [-0.2, 0) is 0 Å². The Labute approximate surface area is 167 Å². The van der Waals surface area contributed by atoms with Crippen LogP contribution in [-0.4, -0.2) is 48.5 Å². The lowest BCUT2D eigenvalue weighted by Gasteiger charge is -2.30. The van der Waals surface area contributed by atoms with E-state index in [1.54, 1.807) is 17.6 Å². The molecule has 1 amide bonds. The molecule has 1 atom stereocenters. The molecule has 0 spiro atoms. The molecule has 0 unspecified atom stereocenters. The number of fused-ring (bicyclic) bond motifs is 1. The zero-order valence-electron chi connectivity index (χ0n) is 16.0. The quantitative estimate of drug-likeness (QED) is 0.536. The summed E-state index contributed by atoms with van der Waals surface area (Å²) in [6.07, 6.45) is 8.71. The van der Waals surface area contributed by atoms with Crippen LogP contribution in [0, 0.1) is 6.92 Å². The van der Waals surface area contributed by atoms with Crippen molar-refractivity contribution in [2.45, 2.75) is 25.7 Å². The van der Waals surface area contributed by atoms with Gasteiger partial charge in [-0.25, -0.2) is 14.5 Å². The molecule has 4 aromatic heterocycles. The molecule has 1 fully saturated rings. The SMILES string of the molecule is Cc1ncoc1C(=O)N1CCC[C@H](c2nc3ccc(-c4cccnc4)cn3n2)C1. The van der Waals surface area contributed by atoms with Gasteiger partial charge in [-0.15, -0.1) is 0 Å². The minimum absolute atomic E-state index is 0.0951. The van der Waals surface area contributed by atoms with Crippen molar-refractivity contribution in [3.63, 3.8) is 0 Å². The Bertz CT molecular complexity index is 1170. The highest BCUT2D eigenvalue weighted by atomic mass is 16.3. The molecule has 8 nitrogen and oxygen atoms in total. The number of rotatable bonds is 3. The topological polar surface area (TPSA) is 89.4 Å². The van der Waals surface area contributed by atoms with Gasteiger partial charge in [-0.05, 0) is 38.0 Å². The molecular weight excluding hydrogens is 368 g/mol. The summed E-state index contributed by atoms with van der Waals surface area (Å²) in [5, 5.41) is 4.71. The van der Waals surface area contributed by atoms with Crippen molar-refractivity contribution in [1.29, 1.82) is 0 Å². The van der Waals surface area contributed by atoms with Gasteiger partial charge in [0.15, 0.2) is 17.9 Å². The smallest absolute Gasteiger partial charge is 0.291 e. The van der Waals surface area contributed by atoms with E-state index in [9.17, 15) is 4.79 Å². The molecule has 5 rings (SSSR count). The third kappa shape index (κ3) is 3.26. The lowest BCUT2D eigenvalue weighted by Crippen LogP contribution is -2.39. The summed E-state index contributed by atoms with van der Waals surface area (Å²) in [5.74, 6) is 1.06. The Morgan fingerprint density at radius 1 is 1.24 bits per heavy atom. The number of aromatic nitrogens is 5. The molecule has 4 aromatic rings. The van der Waals surface area contributed by atoms with Crippen molar-refractivity contribution in [3.05, 3.63) is 66.5 Å². The number of hydrogen-bond donors (Lipinski definition) is 0. The number of carbonyl (C=O) groups excluding carboxylic acids is 1. The van der Waals surface area contributed by atoms with Crippen LogP contribution in [0.5, 0.6) is 0 Å². The molecule has 0 N–H and O–H groups in total. The number of piperidine rings is 1. The van der Waals surface area contributed by atoms with E-state index in [0.29, 0.717) is 24.5 Å². The van der Waals surface area contributed by atoms with Gasteiger partial charge in [-0.3, -0.25) is 9.78 Å². The van der Waals surface area contributed by atoms with E-state index in [4.69, 9.17) is 14.5 Å². The van der Waals surface area contributed by atoms with Crippen molar-refractivity contribution >= 4 is 11.6 Å². The fourth-order valence-corrected chi connectivity index (χ4v) is 3.80. The largest absolute Gasteiger partial charge is 0.438 e. The summed E-state index contributed by atoms with van der Waals surface area (Å²) in [5.41, 5.74) is 3.47. The first-order valence-electron chi connectivity index (χ1n) is 9.65. The van der Waals surface area contributed by atoms with Crippen molar-refractivity contribution in [3.8, 4) is 11.1 Å². The third-order valence-corrected chi connectivity index (χ3v) is 5.36. The fourth-order valence-electron chi connectivity index (χ4n) is 3.80. The molecule has 5 heterocycles. The molecule has 0 bridgehead atoms. The maximum atomic E-state index is 12.8. The first-order valence-corrected chi connectivity index (χ1v) is 9.65. The van der Waals surface area contributed by atoms with Crippen LogP contribution in [0.1, 0.15) is 40.8 Å². The van der Waals surface area contributed by atoms with Gasteiger partial charge in [0.2, 0.25) is 5.76 Å². The predicted molar refractivity (Wildman–Crippen MR) is 105 cm³/mol. The van der Waals surface area contributed by atoms with E-state index < -0.39 is 0 Å². The highest BCUT2D eigenvalue weighted by Crippen LogP contribution is 2.27. The van der Waals surface area contributed by atoms with Gasteiger partial charge in [0, 0.05) is 48.7 Å². The number of oxazole rings is 1. The maximum absolute atomic E-state index is 12.8. The molecular formula is C21H20N6O2. The van der Waals surface area contributed by atoms with Crippen LogP contribution in [0.25, 0.3) is 16.8 Å². The molecule has 0 radical (unpaired) electrons. The van der Waals surface area contributed by atoms with Gasteiger partial charge in [-0.2, -0.15) is 5.10 Å². The minimum Gasteiger partial charge on any atom is -0.438 e. The van der Waals surface area contributed by atoms with Gasteiger partial charge in [0.25, 0.3) is 5.91 Å². The Balaban J connectivity index is 1.40. The first-order chi connectivity index (χ1) is 14.2. The number of aryl methyl sites for hydroxylation is 1. The zero-order chi connectivity index (χ0) is 19.8. The standard InChI is InChI=1S/C21H20N6O2/c1-14-19(29-13-23-14)21(28)26-9-3-5-17(11-26)20-24-18-7-6-16(12-27(18)25-20)15-4-2-8-22-10-15/h2,4,6-8,10,12-13,17H,3,5,9,11H2,1H3/t17-/m0/s1. The second-order valence-corrected chi connectivity index (χ2v) is 7.29. The Morgan fingerprint density at radius 3 is 2.97 bits per heavy atom. The van der Waals surface area contributed by atoms with E-state index in [0.717, 1.165) is 35.4 Å². The minimum atomic E-state index is -0.118. The Morgan fingerprint density at radius 2 is 2.17 bits per heavy atom. The number of likely N-dealkylation sites (tertiary alicyclic amines) is 1. The number of pyridine rings is 2. The zero-order valence-corrected chi connectivity index (χ0v) is 16.0. The average molecular weight is 388 g/mol. The number of hydrogen-bond acceptors (Lipinski definition) is 6. The summed E-state index contributed by atoms with van der Waals surface area (Å²) < 4.78 is 7.09. The molecule has 146 valence electrons. The second-order valence-electron chi connectivity index (χ2n) is 7.29. The van der Waals surface area contributed by atoms with Gasteiger partial charge < -0.3 is 9.32 Å². The molecule has 1 saturated heterocycles. The van der Waals surface area contributed by atoms with Gasteiger partial charge in [-0.1, -0.05) is 6.07 Å². The number of amides is 1. The molecule has 0 aliphatic carbocycles. The lowest BCUT2D eigenvalue weighted by molar-refractivity contribution is 0.0671. The molecule has 0 saturated carbocycles. The van der Waals surface area contributed by atoms with Gasteiger partial charge in [0.05, 0.1) is 5.69 Å². The van der Waals surface area contributed by atoms with E-state index in [-0.39, 0.29) is 11.8 Å². The van der Waals surface area contributed by atoms with E-state index in [2.05, 4.69) is 9.97 Å². The lowest BCUT2D eigenvalue weighted by atomic mass is 9.97. The molecule has 29 heavy (non-hydrogen) atoms. The van der Waals surface area contributed by atoms with Crippen LogP contribution in [0.15, 0.2) is 53.7 Å². The van der Waals surface area contributed by atoms with Crippen LogP contribution in [0.2, 0.25) is 0 Å². The highest BCUT2D eigenvalue weighted by molar-refractivity contribution is 5.92. The molecule has 8 heteroatoms. The van der Waals surface area contributed by atoms with Crippen molar-refractivity contribution in [2.75, 3.05) is 13.1 Å². The van der Waals surface area contributed by atoms with Crippen molar-refractivity contribution in [1.82, 2.24) is 29.5 Å². The van der Waals surface area contributed by atoms with Crippen molar-refractivity contribution in [2.24, 2.45) is 0 Å². The molecule has 1 aliphatic rings. The Hall–Kier alpha value is -3.55. The number of nitrogens with zero attached hydrogens (tertiary/aromatic N) is 6. The Kier molecular flexibility index (Phi) is 4.31. The van der Waals surface area contributed by atoms with Crippen LogP contribution < -0.4 is 0 Å². The second kappa shape index (κ2) is 7.12. The predicted octanol–water partition coefficient (Wildman–Crippen LogP) is 3.11. The molecule has 0 aromatic carbocycles. The third-order valence-electron chi connectivity index (χ3n) is 5.36. The normalized spacial score (nSPS) is 17.0. The summed E-state index contributed by atoms with van der Waals surface area (Å²) in [6.45, 7) is 3.06.